The van der Waals surface area contributed by atoms with E-state index in [4.69, 9.17) is 0 Å². The maximum absolute atomic E-state index is 4.59. The minimum atomic E-state index is 0.815. The predicted octanol–water partition coefficient (Wildman–Crippen LogP) is 2.37. The van der Waals surface area contributed by atoms with Crippen LogP contribution in [0.15, 0.2) is 30.6 Å². The highest BCUT2D eigenvalue weighted by molar-refractivity contribution is 5.53. The van der Waals surface area contributed by atoms with Gasteiger partial charge in [-0.3, -0.25) is 9.67 Å². The standard InChI is InChI=1S/C16H22N4/c1-19-9-6-13(7-10-19)11-14-3-4-15(17-12-14)16-5-8-18-20(16)2/h3-5,8,12-13H,6-7,9-11H2,1-2H3. The van der Waals surface area contributed by atoms with Crippen molar-refractivity contribution in [2.45, 2.75) is 19.3 Å². The van der Waals surface area contributed by atoms with E-state index in [2.05, 4.69) is 34.2 Å². The molecular weight excluding hydrogens is 248 g/mol. The van der Waals surface area contributed by atoms with Crippen LogP contribution < -0.4 is 0 Å². The molecule has 3 heterocycles. The van der Waals surface area contributed by atoms with Crippen molar-refractivity contribution < 1.29 is 0 Å². The number of rotatable bonds is 3. The second kappa shape index (κ2) is 5.75. The first-order valence-electron chi connectivity index (χ1n) is 7.34. The van der Waals surface area contributed by atoms with Crippen LogP contribution in [-0.4, -0.2) is 39.8 Å². The van der Waals surface area contributed by atoms with Crippen molar-refractivity contribution in [3.05, 3.63) is 36.2 Å². The Labute approximate surface area is 120 Å². The number of hydrogen-bond acceptors (Lipinski definition) is 3. The van der Waals surface area contributed by atoms with Crippen molar-refractivity contribution in [3.63, 3.8) is 0 Å². The molecule has 0 aromatic carbocycles. The van der Waals surface area contributed by atoms with Gasteiger partial charge in [0.05, 0.1) is 11.4 Å². The average Bonchev–Trinajstić information content (AvgIpc) is 2.89. The van der Waals surface area contributed by atoms with Gasteiger partial charge < -0.3 is 4.90 Å². The van der Waals surface area contributed by atoms with E-state index in [1.807, 2.05) is 30.2 Å². The third-order valence-electron chi connectivity index (χ3n) is 4.27. The molecule has 0 bridgehead atoms. The average molecular weight is 270 g/mol. The van der Waals surface area contributed by atoms with E-state index in [0.29, 0.717) is 0 Å². The largest absolute Gasteiger partial charge is 0.306 e. The highest BCUT2D eigenvalue weighted by Crippen LogP contribution is 2.22. The first-order chi connectivity index (χ1) is 9.72. The Morgan fingerprint density at radius 3 is 2.55 bits per heavy atom. The first-order valence-corrected chi connectivity index (χ1v) is 7.34. The molecule has 2 aromatic heterocycles. The van der Waals surface area contributed by atoms with Crippen molar-refractivity contribution in [1.82, 2.24) is 19.7 Å². The van der Waals surface area contributed by atoms with Gasteiger partial charge in [0, 0.05) is 19.4 Å². The zero-order valence-corrected chi connectivity index (χ0v) is 12.3. The summed E-state index contributed by atoms with van der Waals surface area (Å²) in [5.74, 6) is 0.815. The molecule has 4 heteroatoms. The number of likely N-dealkylation sites (tertiary alicyclic amines) is 1. The van der Waals surface area contributed by atoms with Crippen LogP contribution in [0.5, 0.6) is 0 Å². The summed E-state index contributed by atoms with van der Waals surface area (Å²) in [5.41, 5.74) is 3.42. The molecule has 20 heavy (non-hydrogen) atoms. The molecule has 0 radical (unpaired) electrons. The molecule has 2 aromatic rings. The van der Waals surface area contributed by atoms with Crippen molar-refractivity contribution in [2.24, 2.45) is 13.0 Å². The van der Waals surface area contributed by atoms with E-state index < -0.39 is 0 Å². The van der Waals surface area contributed by atoms with Crippen LogP contribution in [0.4, 0.5) is 0 Å². The number of nitrogens with zero attached hydrogens (tertiary/aromatic N) is 4. The van der Waals surface area contributed by atoms with Crippen LogP contribution in [0.2, 0.25) is 0 Å². The van der Waals surface area contributed by atoms with Crippen LogP contribution in [0.1, 0.15) is 18.4 Å². The molecule has 106 valence electrons. The lowest BCUT2D eigenvalue weighted by atomic mass is 9.91. The Bertz CT molecular complexity index is 550. The van der Waals surface area contributed by atoms with Gasteiger partial charge in [0.15, 0.2) is 0 Å². The smallest absolute Gasteiger partial charge is 0.0883 e. The van der Waals surface area contributed by atoms with Crippen LogP contribution in [0, 0.1) is 5.92 Å². The third kappa shape index (κ3) is 2.90. The fourth-order valence-electron chi connectivity index (χ4n) is 2.92. The van der Waals surface area contributed by atoms with Gasteiger partial charge >= 0.3 is 0 Å². The minimum Gasteiger partial charge on any atom is -0.306 e. The molecule has 1 fully saturated rings. The summed E-state index contributed by atoms with van der Waals surface area (Å²) in [7, 11) is 4.16. The summed E-state index contributed by atoms with van der Waals surface area (Å²) in [6.07, 6.45) is 7.61. The zero-order chi connectivity index (χ0) is 13.9. The molecule has 1 aliphatic rings. The molecule has 0 atom stereocenters. The zero-order valence-electron chi connectivity index (χ0n) is 12.3. The lowest BCUT2D eigenvalue weighted by molar-refractivity contribution is 0.219. The van der Waals surface area contributed by atoms with Crippen LogP contribution in [-0.2, 0) is 13.5 Å². The third-order valence-corrected chi connectivity index (χ3v) is 4.27. The lowest BCUT2D eigenvalue weighted by Crippen LogP contribution is -2.30. The number of pyridine rings is 1. The van der Waals surface area contributed by atoms with Crippen molar-refractivity contribution in [3.8, 4) is 11.4 Å². The molecule has 0 aliphatic carbocycles. The summed E-state index contributed by atoms with van der Waals surface area (Å²) in [4.78, 5) is 7.01. The fraction of sp³-hybridized carbons (Fsp3) is 0.500. The summed E-state index contributed by atoms with van der Waals surface area (Å²) >= 11 is 0. The van der Waals surface area contributed by atoms with Crippen LogP contribution in [0.3, 0.4) is 0 Å². The van der Waals surface area contributed by atoms with E-state index in [1.54, 1.807) is 0 Å². The summed E-state index contributed by atoms with van der Waals surface area (Å²) < 4.78 is 1.86. The number of aromatic nitrogens is 3. The Balaban J connectivity index is 1.66. The van der Waals surface area contributed by atoms with Crippen molar-refractivity contribution in [2.75, 3.05) is 20.1 Å². The Kier molecular flexibility index (Phi) is 3.83. The Hall–Kier alpha value is -1.68. The van der Waals surface area contributed by atoms with Crippen LogP contribution >= 0.6 is 0 Å². The SMILES string of the molecule is CN1CCC(Cc2ccc(-c3ccnn3C)nc2)CC1. The van der Waals surface area contributed by atoms with Crippen molar-refractivity contribution >= 4 is 0 Å². The van der Waals surface area contributed by atoms with E-state index in [0.717, 1.165) is 23.7 Å². The number of piperidine rings is 1. The van der Waals surface area contributed by atoms with E-state index >= 15 is 0 Å². The van der Waals surface area contributed by atoms with Gasteiger partial charge in [-0.25, -0.2) is 0 Å². The topological polar surface area (TPSA) is 34.0 Å². The van der Waals surface area contributed by atoms with E-state index in [9.17, 15) is 0 Å². The van der Waals surface area contributed by atoms with Gasteiger partial charge in [-0.15, -0.1) is 0 Å². The van der Waals surface area contributed by atoms with Gasteiger partial charge in [-0.05, 0) is 63.0 Å². The molecule has 0 spiro atoms. The molecule has 0 unspecified atom stereocenters. The molecule has 0 saturated carbocycles. The van der Waals surface area contributed by atoms with Gasteiger partial charge in [0.1, 0.15) is 0 Å². The maximum atomic E-state index is 4.59. The molecule has 3 rings (SSSR count). The Morgan fingerprint density at radius 1 is 1.15 bits per heavy atom. The summed E-state index contributed by atoms with van der Waals surface area (Å²) in [6.45, 7) is 2.45. The highest BCUT2D eigenvalue weighted by atomic mass is 15.3. The fourth-order valence-corrected chi connectivity index (χ4v) is 2.92. The van der Waals surface area contributed by atoms with E-state index in [-0.39, 0.29) is 0 Å². The van der Waals surface area contributed by atoms with Gasteiger partial charge in [-0.2, -0.15) is 5.10 Å². The first kappa shape index (κ1) is 13.3. The quantitative estimate of drug-likeness (QED) is 0.858. The second-order valence-corrected chi connectivity index (χ2v) is 5.84. The maximum Gasteiger partial charge on any atom is 0.0883 e. The van der Waals surface area contributed by atoms with Gasteiger partial charge in [0.2, 0.25) is 0 Å². The molecule has 1 aliphatic heterocycles. The number of hydrogen-bond donors (Lipinski definition) is 0. The highest BCUT2D eigenvalue weighted by Gasteiger charge is 2.17. The molecule has 1 saturated heterocycles. The predicted molar refractivity (Wildman–Crippen MR) is 80.4 cm³/mol. The minimum absolute atomic E-state index is 0.815. The lowest BCUT2D eigenvalue weighted by Gasteiger charge is -2.28. The van der Waals surface area contributed by atoms with Gasteiger partial charge in [0.25, 0.3) is 0 Å². The summed E-state index contributed by atoms with van der Waals surface area (Å²) in [6, 6.07) is 6.33. The molecule has 4 nitrogen and oxygen atoms in total. The van der Waals surface area contributed by atoms with Crippen molar-refractivity contribution in [1.29, 1.82) is 0 Å². The molecular formula is C16H22N4. The normalized spacial score (nSPS) is 17.5. The number of aryl methyl sites for hydroxylation is 1. The Morgan fingerprint density at radius 2 is 1.95 bits per heavy atom. The molecule has 0 amide bonds. The summed E-state index contributed by atoms with van der Waals surface area (Å²) in [5, 5.41) is 4.19. The second-order valence-electron chi connectivity index (χ2n) is 5.84. The monoisotopic (exact) mass is 270 g/mol. The van der Waals surface area contributed by atoms with E-state index in [1.165, 1.54) is 31.5 Å². The molecule has 0 N–H and O–H groups in total. The van der Waals surface area contributed by atoms with Gasteiger partial charge in [-0.1, -0.05) is 6.07 Å². The van der Waals surface area contributed by atoms with Crippen LogP contribution in [0.25, 0.3) is 11.4 Å².